The van der Waals surface area contributed by atoms with Crippen LogP contribution >= 0.6 is 0 Å². The second-order valence-corrected chi connectivity index (χ2v) is 5.74. The fourth-order valence-electron chi connectivity index (χ4n) is 1.80. The summed E-state index contributed by atoms with van der Waals surface area (Å²) in [4.78, 5) is 0. The minimum absolute atomic E-state index is 0.0631. The molecule has 1 aromatic carbocycles. The first-order valence-corrected chi connectivity index (χ1v) is 6.49. The molecule has 0 N–H and O–H groups in total. The van der Waals surface area contributed by atoms with Crippen LogP contribution in [0.4, 0.5) is 13.2 Å². The lowest BCUT2D eigenvalue weighted by Crippen LogP contribution is -2.11. The van der Waals surface area contributed by atoms with Crippen LogP contribution in [0.3, 0.4) is 0 Å². The Morgan fingerprint density at radius 1 is 1.15 bits per heavy atom. The Hall–Kier alpha value is -1.51. The summed E-state index contributed by atoms with van der Waals surface area (Å²) >= 11 is 0. The van der Waals surface area contributed by atoms with Crippen LogP contribution in [0.25, 0.3) is 5.57 Å². The van der Waals surface area contributed by atoms with Crippen LogP contribution < -0.4 is 0 Å². The zero-order valence-corrected chi connectivity index (χ0v) is 12.7. The smallest absolute Gasteiger partial charge is 0.239 e. The Morgan fingerprint density at radius 2 is 1.70 bits per heavy atom. The Morgan fingerprint density at radius 3 is 2.15 bits per heavy atom. The molecule has 0 bridgehead atoms. The molecular weight excluding hydrogens is 261 g/mol. The second kappa shape index (κ2) is 5.47. The molecule has 1 aromatic rings. The van der Waals surface area contributed by atoms with Crippen molar-refractivity contribution in [3.8, 4) is 0 Å². The first-order valence-electron chi connectivity index (χ1n) is 6.49. The molecule has 0 amide bonds. The molecule has 0 aliphatic rings. The van der Waals surface area contributed by atoms with E-state index in [1.165, 1.54) is 26.8 Å². The van der Waals surface area contributed by atoms with Crippen molar-refractivity contribution in [3.63, 3.8) is 0 Å². The number of benzene rings is 1. The van der Waals surface area contributed by atoms with Gasteiger partial charge in [0.15, 0.2) is 0 Å². The molecule has 0 saturated heterocycles. The highest BCUT2D eigenvalue weighted by Gasteiger charge is 2.24. The topological polar surface area (TPSA) is 0 Å². The van der Waals surface area contributed by atoms with Crippen LogP contribution in [0.2, 0.25) is 0 Å². The standard InChI is InChI=1S/C17H21F3/c1-11-7-8-14(16(4,5)18)10-15(11)12(2)9-13(3)17(6,19)20/h7-10H,2H2,1,3-6H3/b13-9+. The average Bonchev–Trinajstić information content (AvgIpc) is 2.26. The van der Waals surface area contributed by atoms with Crippen LogP contribution in [-0.2, 0) is 5.67 Å². The summed E-state index contributed by atoms with van der Waals surface area (Å²) in [5.41, 5.74) is 1.01. The van der Waals surface area contributed by atoms with Gasteiger partial charge in [-0.15, -0.1) is 0 Å². The maximum absolute atomic E-state index is 14.0. The SMILES string of the molecule is C=C(/C=C(\C)C(C)(F)F)c1cc(C(C)(C)F)ccc1C. The fraction of sp³-hybridized carbons (Fsp3) is 0.412. The summed E-state index contributed by atoms with van der Waals surface area (Å²) in [7, 11) is 0. The molecule has 110 valence electrons. The highest BCUT2D eigenvalue weighted by atomic mass is 19.3. The molecule has 3 heteroatoms. The van der Waals surface area contributed by atoms with Crippen LogP contribution in [0, 0.1) is 6.92 Å². The van der Waals surface area contributed by atoms with Gasteiger partial charge in [0.2, 0.25) is 0 Å². The van der Waals surface area contributed by atoms with Gasteiger partial charge in [0.1, 0.15) is 5.67 Å². The molecule has 0 fully saturated rings. The van der Waals surface area contributed by atoms with Crippen molar-refractivity contribution in [1.29, 1.82) is 0 Å². The van der Waals surface area contributed by atoms with E-state index in [0.717, 1.165) is 12.5 Å². The molecule has 0 aliphatic heterocycles. The third-order valence-electron chi connectivity index (χ3n) is 3.35. The predicted octanol–water partition coefficient (Wildman–Crippen LogP) is 5.81. The van der Waals surface area contributed by atoms with Crippen LogP contribution in [-0.4, -0.2) is 5.92 Å². The first-order chi connectivity index (χ1) is 8.93. The molecule has 0 radical (unpaired) electrons. The van der Waals surface area contributed by atoms with Crippen LogP contribution in [0.1, 0.15) is 44.4 Å². The van der Waals surface area contributed by atoms with Gasteiger partial charge in [0.25, 0.3) is 5.92 Å². The number of aryl methyl sites for hydroxylation is 1. The van der Waals surface area contributed by atoms with E-state index in [-0.39, 0.29) is 5.57 Å². The van der Waals surface area contributed by atoms with E-state index < -0.39 is 11.6 Å². The monoisotopic (exact) mass is 282 g/mol. The molecule has 0 unspecified atom stereocenters. The minimum Gasteiger partial charge on any atom is -0.239 e. The van der Waals surface area contributed by atoms with E-state index in [1.807, 2.05) is 6.92 Å². The quantitative estimate of drug-likeness (QED) is 0.611. The molecule has 0 saturated carbocycles. The summed E-state index contributed by atoms with van der Waals surface area (Å²) < 4.78 is 40.4. The summed E-state index contributed by atoms with van der Waals surface area (Å²) in [5, 5.41) is 0. The van der Waals surface area contributed by atoms with Crippen molar-refractivity contribution in [2.45, 2.75) is 46.2 Å². The zero-order chi connectivity index (χ0) is 15.7. The fourth-order valence-corrected chi connectivity index (χ4v) is 1.80. The van der Waals surface area contributed by atoms with Gasteiger partial charge >= 0.3 is 0 Å². The normalized spacial score (nSPS) is 13.5. The molecule has 0 aliphatic carbocycles. The Balaban J connectivity index is 3.24. The van der Waals surface area contributed by atoms with Gasteiger partial charge in [-0.2, -0.15) is 0 Å². The number of rotatable bonds is 4. The molecule has 0 aromatic heterocycles. The summed E-state index contributed by atoms with van der Waals surface area (Å²) in [6.07, 6.45) is 1.36. The molecule has 0 nitrogen and oxygen atoms in total. The van der Waals surface area contributed by atoms with Crippen molar-refractivity contribution in [3.05, 3.63) is 53.1 Å². The van der Waals surface area contributed by atoms with E-state index in [1.54, 1.807) is 18.2 Å². The molecule has 0 atom stereocenters. The summed E-state index contributed by atoms with van der Waals surface area (Å²) in [6.45, 7) is 10.8. The number of alkyl halides is 3. The summed E-state index contributed by atoms with van der Waals surface area (Å²) in [5.74, 6) is -2.88. The highest BCUT2D eigenvalue weighted by Crippen LogP contribution is 2.31. The molecule has 1 rings (SSSR count). The van der Waals surface area contributed by atoms with Gasteiger partial charge in [-0.05, 0) is 61.6 Å². The van der Waals surface area contributed by atoms with Crippen molar-refractivity contribution < 1.29 is 13.2 Å². The lowest BCUT2D eigenvalue weighted by atomic mass is 9.92. The molecular formula is C17H21F3. The van der Waals surface area contributed by atoms with E-state index in [0.29, 0.717) is 16.7 Å². The zero-order valence-electron chi connectivity index (χ0n) is 12.7. The molecule has 0 heterocycles. The number of hydrogen-bond acceptors (Lipinski definition) is 0. The minimum atomic E-state index is -2.88. The van der Waals surface area contributed by atoms with Gasteiger partial charge in [0, 0.05) is 6.92 Å². The Kier molecular flexibility index (Phi) is 4.52. The van der Waals surface area contributed by atoms with E-state index >= 15 is 0 Å². The first kappa shape index (κ1) is 16.5. The number of allylic oxidation sites excluding steroid dienone is 3. The lowest BCUT2D eigenvalue weighted by molar-refractivity contribution is 0.0636. The van der Waals surface area contributed by atoms with Gasteiger partial charge in [-0.1, -0.05) is 24.8 Å². The van der Waals surface area contributed by atoms with Crippen LogP contribution in [0.5, 0.6) is 0 Å². The van der Waals surface area contributed by atoms with Crippen molar-refractivity contribution in [2.24, 2.45) is 0 Å². The van der Waals surface area contributed by atoms with Gasteiger partial charge in [-0.25, -0.2) is 13.2 Å². The Bertz CT molecular complexity index is 540. The third kappa shape index (κ3) is 3.99. The average molecular weight is 282 g/mol. The highest BCUT2D eigenvalue weighted by molar-refractivity contribution is 5.75. The number of hydrogen-bond donors (Lipinski definition) is 0. The second-order valence-electron chi connectivity index (χ2n) is 5.74. The Labute approximate surface area is 119 Å². The van der Waals surface area contributed by atoms with E-state index in [4.69, 9.17) is 0 Å². The van der Waals surface area contributed by atoms with Gasteiger partial charge < -0.3 is 0 Å². The molecule has 20 heavy (non-hydrogen) atoms. The van der Waals surface area contributed by atoms with Gasteiger partial charge in [-0.3, -0.25) is 0 Å². The van der Waals surface area contributed by atoms with Gasteiger partial charge in [0.05, 0.1) is 0 Å². The predicted molar refractivity (Wildman–Crippen MR) is 78.7 cm³/mol. The summed E-state index contributed by atoms with van der Waals surface area (Å²) in [6, 6.07) is 5.16. The van der Waals surface area contributed by atoms with E-state index in [9.17, 15) is 13.2 Å². The third-order valence-corrected chi connectivity index (χ3v) is 3.35. The maximum atomic E-state index is 14.0. The van der Waals surface area contributed by atoms with Crippen LogP contribution in [0.15, 0.2) is 36.4 Å². The van der Waals surface area contributed by atoms with Crippen molar-refractivity contribution in [1.82, 2.24) is 0 Å². The van der Waals surface area contributed by atoms with Crippen molar-refractivity contribution in [2.75, 3.05) is 0 Å². The van der Waals surface area contributed by atoms with Crippen molar-refractivity contribution >= 4 is 5.57 Å². The molecule has 0 spiro atoms. The lowest BCUT2D eigenvalue weighted by Gasteiger charge is -2.18. The maximum Gasteiger partial charge on any atom is 0.266 e. The largest absolute Gasteiger partial charge is 0.266 e. The van der Waals surface area contributed by atoms with E-state index in [2.05, 4.69) is 6.58 Å². The number of halogens is 3.